The van der Waals surface area contributed by atoms with Crippen LogP contribution in [0.15, 0.2) is 41.0 Å². The van der Waals surface area contributed by atoms with Gasteiger partial charge in [-0.2, -0.15) is 5.10 Å². The number of hydrogen-bond acceptors (Lipinski definition) is 5. The molecule has 1 aliphatic heterocycles. The quantitative estimate of drug-likeness (QED) is 0.710. The number of nitrogens with zero attached hydrogens (tertiary/aromatic N) is 4. The number of halogens is 1. The highest BCUT2D eigenvalue weighted by Gasteiger charge is 2.21. The number of rotatable bonds is 4. The molecule has 3 aromatic rings. The van der Waals surface area contributed by atoms with Crippen molar-refractivity contribution >= 4 is 21.8 Å². The average Bonchev–Trinajstić information content (AvgIpc) is 3.09. The van der Waals surface area contributed by atoms with E-state index < -0.39 is 0 Å². The second kappa shape index (κ2) is 6.87. The van der Waals surface area contributed by atoms with E-state index in [1.807, 2.05) is 25.1 Å². The Morgan fingerprint density at radius 2 is 2.15 bits per heavy atom. The van der Waals surface area contributed by atoms with Crippen molar-refractivity contribution in [2.45, 2.75) is 13.5 Å². The summed E-state index contributed by atoms with van der Waals surface area (Å²) in [6, 6.07) is 9.27. The highest BCUT2D eigenvalue weighted by Crippen LogP contribution is 2.31. The lowest BCUT2D eigenvalue weighted by Gasteiger charge is -2.13. The maximum atomic E-state index is 11.9. The summed E-state index contributed by atoms with van der Waals surface area (Å²) in [7, 11) is 0. The van der Waals surface area contributed by atoms with Crippen LogP contribution in [0.3, 0.4) is 0 Å². The van der Waals surface area contributed by atoms with E-state index in [0.717, 1.165) is 15.8 Å². The Balaban J connectivity index is 1.77. The van der Waals surface area contributed by atoms with Crippen molar-refractivity contribution in [3.05, 3.63) is 46.7 Å². The van der Waals surface area contributed by atoms with Crippen LogP contribution in [0.25, 0.3) is 22.8 Å². The number of amides is 1. The van der Waals surface area contributed by atoms with Crippen LogP contribution in [0.1, 0.15) is 17.4 Å². The molecule has 26 heavy (non-hydrogen) atoms. The van der Waals surface area contributed by atoms with E-state index in [1.165, 1.54) is 0 Å². The molecule has 2 aromatic heterocycles. The standard InChI is InChI=1S/C18H16BrN5O2/c1-2-26-16-4-3-11(19)9-12(16)17-20-6-5-13(22-17)14-10-15-18(25)21-7-8-24(15)23-14/h3-6,9-10H,2,7-8H2,1H3,(H,21,25). The molecule has 1 amide bonds. The first kappa shape index (κ1) is 16.7. The van der Waals surface area contributed by atoms with Crippen LogP contribution in [0.4, 0.5) is 0 Å². The predicted octanol–water partition coefficient (Wildman–Crippen LogP) is 2.91. The SMILES string of the molecule is CCOc1ccc(Br)cc1-c1nccc(-c2cc3n(n2)CCNC3=O)n1. The third-order valence-corrected chi connectivity index (χ3v) is 4.52. The molecular weight excluding hydrogens is 398 g/mol. The zero-order chi connectivity index (χ0) is 18.1. The minimum absolute atomic E-state index is 0.116. The van der Waals surface area contributed by atoms with Crippen LogP contribution >= 0.6 is 15.9 Å². The number of carbonyl (C=O) groups is 1. The summed E-state index contributed by atoms with van der Waals surface area (Å²) in [4.78, 5) is 21.0. The molecule has 4 rings (SSSR count). The maximum absolute atomic E-state index is 11.9. The van der Waals surface area contributed by atoms with Gasteiger partial charge in [0.2, 0.25) is 0 Å². The molecule has 3 heterocycles. The maximum Gasteiger partial charge on any atom is 0.269 e. The molecule has 0 bridgehead atoms. The van der Waals surface area contributed by atoms with E-state index in [2.05, 4.69) is 36.3 Å². The Hall–Kier alpha value is -2.74. The first-order valence-electron chi connectivity index (χ1n) is 8.28. The lowest BCUT2D eigenvalue weighted by atomic mass is 10.1. The number of benzene rings is 1. The fraction of sp³-hybridized carbons (Fsp3) is 0.222. The lowest BCUT2D eigenvalue weighted by molar-refractivity contribution is 0.0924. The molecule has 0 fully saturated rings. The van der Waals surface area contributed by atoms with Crippen molar-refractivity contribution in [1.82, 2.24) is 25.1 Å². The van der Waals surface area contributed by atoms with Gasteiger partial charge in [-0.3, -0.25) is 9.48 Å². The third-order valence-electron chi connectivity index (χ3n) is 4.02. The van der Waals surface area contributed by atoms with Crippen molar-refractivity contribution in [3.8, 4) is 28.5 Å². The monoisotopic (exact) mass is 413 g/mol. The Kier molecular flexibility index (Phi) is 4.42. The molecule has 1 N–H and O–H groups in total. The van der Waals surface area contributed by atoms with Gasteiger partial charge >= 0.3 is 0 Å². The molecular formula is C18H16BrN5O2. The first-order valence-corrected chi connectivity index (χ1v) is 9.07. The first-order chi connectivity index (χ1) is 12.7. The Bertz CT molecular complexity index is 985. The largest absolute Gasteiger partial charge is 0.493 e. The fourth-order valence-corrected chi connectivity index (χ4v) is 3.21. The minimum atomic E-state index is -0.116. The van der Waals surface area contributed by atoms with Crippen LogP contribution in [0, 0.1) is 0 Å². The normalized spacial score (nSPS) is 13.2. The highest BCUT2D eigenvalue weighted by atomic mass is 79.9. The summed E-state index contributed by atoms with van der Waals surface area (Å²) >= 11 is 3.48. The number of nitrogens with one attached hydrogen (secondary N) is 1. The van der Waals surface area contributed by atoms with Gasteiger partial charge in [-0.15, -0.1) is 0 Å². The van der Waals surface area contributed by atoms with E-state index >= 15 is 0 Å². The van der Waals surface area contributed by atoms with Crippen LogP contribution in [0.2, 0.25) is 0 Å². The molecule has 0 saturated heterocycles. The van der Waals surface area contributed by atoms with Crippen molar-refractivity contribution in [2.75, 3.05) is 13.2 Å². The molecule has 8 heteroatoms. The zero-order valence-corrected chi connectivity index (χ0v) is 15.7. The highest BCUT2D eigenvalue weighted by molar-refractivity contribution is 9.10. The van der Waals surface area contributed by atoms with Gasteiger partial charge in [0.15, 0.2) is 5.82 Å². The smallest absolute Gasteiger partial charge is 0.269 e. The Morgan fingerprint density at radius 1 is 1.27 bits per heavy atom. The summed E-state index contributed by atoms with van der Waals surface area (Å²) in [6.45, 7) is 3.72. The van der Waals surface area contributed by atoms with Gasteiger partial charge in [-0.05, 0) is 37.3 Å². The van der Waals surface area contributed by atoms with Gasteiger partial charge in [0.25, 0.3) is 5.91 Å². The molecule has 0 aliphatic carbocycles. The molecule has 0 atom stereocenters. The molecule has 1 aromatic carbocycles. The van der Waals surface area contributed by atoms with Crippen LogP contribution in [-0.2, 0) is 6.54 Å². The van der Waals surface area contributed by atoms with E-state index in [4.69, 9.17) is 4.74 Å². The number of hydrogen-bond donors (Lipinski definition) is 1. The third kappa shape index (κ3) is 3.08. The zero-order valence-electron chi connectivity index (χ0n) is 14.1. The lowest BCUT2D eigenvalue weighted by Crippen LogP contribution is -2.35. The van der Waals surface area contributed by atoms with E-state index in [-0.39, 0.29) is 5.91 Å². The van der Waals surface area contributed by atoms with Gasteiger partial charge in [0, 0.05) is 17.2 Å². The van der Waals surface area contributed by atoms with Gasteiger partial charge in [-0.1, -0.05) is 15.9 Å². The molecule has 0 unspecified atom stereocenters. The Labute approximate surface area is 158 Å². The Morgan fingerprint density at radius 3 is 2.96 bits per heavy atom. The summed E-state index contributed by atoms with van der Waals surface area (Å²) in [5.74, 6) is 1.15. The molecule has 0 spiro atoms. The van der Waals surface area contributed by atoms with Gasteiger partial charge in [-0.25, -0.2) is 9.97 Å². The van der Waals surface area contributed by atoms with Gasteiger partial charge in [0.05, 0.1) is 24.4 Å². The molecule has 7 nitrogen and oxygen atoms in total. The van der Waals surface area contributed by atoms with Crippen LogP contribution in [0.5, 0.6) is 5.75 Å². The number of fused-ring (bicyclic) bond motifs is 1. The van der Waals surface area contributed by atoms with E-state index in [1.54, 1.807) is 23.0 Å². The van der Waals surface area contributed by atoms with Crippen molar-refractivity contribution in [3.63, 3.8) is 0 Å². The van der Waals surface area contributed by atoms with Gasteiger partial charge < -0.3 is 10.1 Å². The van der Waals surface area contributed by atoms with Crippen LogP contribution in [-0.4, -0.2) is 38.8 Å². The number of carbonyl (C=O) groups excluding carboxylic acids is 1. The number of ether oxygens (including phenoxy) is 1. The fourth-order valence-electron chi connectivity index (χ4n) is 2.85. The summed E-state index contributed by atoms with van der Waals surface area (Å²) in [6.07, 6.45) is 1.69. The summed E-state index contributed by atoms with van der Waals surface area (Å²) < 4.78 is 8.32. The van der Waals surface area contributed by atoms with Crippen LogP contribution < -0.4 is 10.1 Å². The second-order valence-corrected chi connectivity index (χ2v) is 6.65. The summed E-state index contributed by atoms with van der Waals surface area (Å²) in [5.41, 5.74) is 2.65. The topological polar surface area (TPSA) is 81.9 Å². The summed E-state index contributed by atoms with van der Waals surface area (Å²) in [5, 5.41) is 7.32. The van der Waals surface area contributed by atoms with E-state index in [0.29, 0.717) is 42.6 Å². The molecule has 0 saturated carbocycles. The molecule has 1 aliphatic rings. The minimum Gasteiger partial charge on any atom is -0.493 e. The predicted molar refractivity (Wildman–Crippen MR) is 99.9 cm³/mol. The van der Waals surface area contributed by atoms with Crippen molar-refractivity contribution in [2.24, 2.45) is 0 Å². The van der Waals surface area contributed by atoms with Crippen molar-refractivity contribution in [1.29, 1.82) is 0 Å². The number of aromatic nitrogens is 4. The molecule has 0 radical (unpaired) electrons. The van der Waals surface area contributed by atoms with Gasteiger partial charge in [0.1, 0.15) is 17.1 Å². The van der Waals surface area contributed by atoms with E-state index in [9.17, 15) is 4.79 Å². The van der Waals surface area contributed by atoms with Crippen molar-refractivity contribution < 1.29 is 9.53 Å². The average molecular weight is 414 g/mol. The molecule has 132 valence electrons. The second-order valence-electron chi connectivity index (χ2n) is 5.73.